The van der Waals surface area contributed by atoms with Crippen LogP contribution in [0.5, 0.6) is 11.5 Å². The van der Waals surface area contributed by atoms with E-state index in [4.69, 9.17) is 9.47 Å². The Hall–Kier alpha value is -2.94. The molecular formula is C23H25NO2. The molecule has 0 atom stereocenters. The minimum atomic E-state index is 0.555. The highest BCUT2D eigenvalue weighted by Crippen LogP contribution is 2.25. The van der Waals surface area contributed by atoms with Gasteiger partial charge >= 0.3 is 0 Å². The van der Waals surface area contributed by atoms with Gasteiger partial charge in [0.25, 0.3) is 0 Å². The van der Waals surface area contributed by atoms with Gasteiger partial charge in [0.15, 0.2) is 0 Å². The molecule has 0 aliphatic heterocycles. The number of rotatable bonds is 9. The Balaban J connectivity index is 1.61. The molecule has 0 aliphatic rings. The van der Waals surface area contributed by atoms with Crippen LogP contribution in [-0.2, 0) is 13.2 Å². The Labute approximate surface area is 155 Å². The van der Waals surface area contributed by atoms with Crippen LogP contribution in [0.2, 0.25) is 0 Å². The maximum absolute atomic E-state index is 6.00. The largest absolute Gasteiger partial charge is 0.494 e. The van der Waals surface area contributed by atoms with E-state index in [-0.39, 0.29) is 0 Å². The quantitative estimate of drug-likeness (QED) is 0.541. The second-order valence-electron chi connectivity index (χ2n) is 6.12. The molecule has 134 valence electrons. The Bertz CT molecular complexity index is 802. The summed E-state index contributed by atoms with van der Waals surface area (Å²) in [5.41, 5.74) is 3.32. The standard InChI is InChI=1S/C23H25NO2/c1-2-15-25-21-12-8-11-20(16-21)17-24-22-13-6-7-14-23(22)26-18-19-9-4-3-5-10-19/h3-14,16,24H,2,15,17-18H2,1H3. The van der Waals surface area contributed by atoms with Gasteiger partial charge < -0.3 is 14.8 Å². The molecule has 3 nitrogen and oxygen atoms in total. The lowest BCUT2D eigenvalue weighted by atomic mass is 10.2. The van der Waals surface area contributed by atoms with Crippen molar-refractivity contribution in [2.75, 3.05) is 11.9 Å². The fraction of sp³-hybridized carbons (Fsp3) is 0.217. The maximum atomic E-state index is 6.00. The molecule has 3 rings (SSSR count). The number of para-hydroxylation sites is 2. The van der Waals surface area contributed by atoms with Crippen molar-refractivity contribution < 1.29 is 9.47 Å². The summed E-state index contributed by atoms with van der Waals surface area (Å²) in [6.45, 7) is 4.12. The van der Waals surface area contributed by atoms with E-state index < -0.39 is 0 Å². The molecule has 0 aliphatic carbocycles. The fourth-order valence-electron chi connectivity index (χ4n) is 2.64. The van der Waals surface area contributed by atoms with Crippen molar-refractivity contribution in [3.05, 3.63) is 90.0 Å². The molecule has 0 amide bonds. The zero-order valence-electron chi connectivity index (χ0n) is 15.2. The van der Waals surface area contributed by atoms with E-state index in [0.29, 0.717) is 6.61 Å². The lowest BCUT2D eigenvalue weighted by molar-refractivity contribution is 0.307. The molecule has 0 aromatic heterocycles. The summed E-state index contributed by atoms with van der Waals surface area (Å²) in [6, 6.07) is 26.4. The zero-order valence-corrected chi connectivity index (χ0v) is 15.2. The molecule has 0 radical (unpaired) electrons. The van der Waals surface area contributed by atoms with Crippen molar-refractivity contribution in [2.45, 2.75) is 26.5 Å². The molecular weight excluding hydrogens is 322 g/mol. The van der Waals surface area contributed by atoms with Crippen molar-refractivity contribution in [2.24, 2.45) is 0 Å². The van der Waals surface area contributed by atoms with Crippen LogP contribution >= 0.6 is 0 Å². The smallest absolute Gasteiger partial charge is 0.142 e. The maximum Gasteiger partial charge on any atom is 0.142 e. The van der Waals surface area contributed by atoms with E-state index in [1.165, 1.54) is 5.56 Å². The van der Waals surface area contributed by atoms with E-state index in [0.717, 1.165) is 42.3 Å². The summed E-state index contributed by atoms with van der Waals surface area (Å²) in [5.74, 6) is 1.77. The van der Waals surface area contributed by atoms with E-state index in [2.05, 4.69) is 36.5 Å². The highest BCUT2D eigenvalue weighted by Gasteiger charge is 2.04. The number of benzene rings is 3. The van der Waals surface area contributed by atoms with Crippen molar-refractivity contribution in [1.82, 2.24) is 0 Å². The van der Waals surface area contributed by atoms with E-state index >= 15 is 0 Å². The summed E-state index contributed by atoms with van der Waals surface area (Å²) in [5, 5.41) is 3.47. The lowest BCUT2D eigenvalue weighted by Gasteiger charge is -2.14. The van der Waals surface area contributed by atoms with Crippen LogP contribution in [0, 0.1) is 0 Å². The topological polar surface area (TPSA) is 30.5 Å². The monoisotopic (exact) mass is 347 g/mol. The van der Waals surface area contributed by atoms with Gasteiger partial charge in [-0.25, -0.2) is 0 Å². The lowest BCUT2D eigenvalue weighted by Crippen LogP contribution is -2.03. The number of anilines is 1. The van der Waals surface area contributed by atoms with Gasteiger partial charge in [-0.1, -0.05) is 61.5 Å². The average Bonchev–Trinajstić information content (AvgIpc) is 2.71. The van der Waals surface area contributed by atoms with Crippen molar-refractivity contribution in [3.8, 4) is 11.5 Å². The van der Waals surface area contributed by atoms with Gasteiger partial charge in [0.1, 0.15) is 18.1 Å². The van der Waals surface area contributed by atoms with Crippen molar-refractivity contribution in [1.29, 1.82) is 0 Å². The summed E-state index contributed by atoms with van der Waals surface area (Å²) < 4.78 is 11.7. The predicted molar refractivity (Wildman–Crippen MR) is 107 cm³/mol. The Kier molecular flexibility index (Phi) is 6.54. The first kappa shape index (κ1) is 17.9. The highest BCUT2D eigenvalue weighted by atomic mass is 16.5. The summed E-state index contributed by atoms with van der Waals surface area (Å²) >= 11 is 0. The second kappa shape index (κ2) is 9.52. The van der Waals surface area contributed by atoms with Crippen LogP contribution in [0.4, 0.5) is 5.69 Å². The molecule has 0 spiro atoms. The minimum absolute atomic E-state index is 0.555. The summed E-state index contributed by atoms with van der Waals surface area (Å²) in [6.07, 6.45) is 1.01. The Morgan fingerprint density at radius 2 is 1.54 bits per heavy atom. The summed E-state index contributed by atoms with van der Waals surface area (Å²) in [4.78, 5) is 0. The molecule has 0 saturated carbocycles. The minimum Gasteiger partial charge on any atom is -0.494 e. The average molecular weight is 347 g/mol. The molecule has 26 heavy (non-hydrogen) atoms. The number of hydrogen-bond donors (Lipinski definition) is 1. The zero-order chi connectivity index (χ0) is 18.0. The van der Waals surface area contributed by atoms with Crippen LogP contribution in [0.3, 0.4) is 0 Å². The predicted octanol–water partition coefficient (Wildman–Crippen LogP) is 5.67. The van der Waals surface area contributed by atoms with Gasteiger partial charge in [-0.3, -0.25) is 0 Å². The first-order valence-corrected chi connectivity index (χ1v) is 9.06. The van der Waals surface area contributed by atoms with Crippen LogP contribution in [0.1, 0.15) is 24.5 Å². The number of nitrogens with one attached hydrogen (secondary N) is 1. The normalized spacial score (nSPS) is 10.3. The van der Waals surface area contributed by atoms with Crippen LogP contribution in [0.15, 0.2) is 78.9 Å². The van der Waals surface area contributed by atoms with Gasteiger partial charge in [-0.05, 0) is 41.8 Å². The number of ether oxygens (including phenoxy) is 2. The molecule has 3 aromatic rings. The van der Waals surface area contributed by atoms with E-state index in [1.54, 1.807) is 0 Å². The second-order valence-corrected chi connectivity index (χ2v) is 6.12. The van der Waals surface area contributed by atoms with Crippen molar-refractivity contribution in [3.63, 3.8) is 0 Å². The molecule has 0 saturated heterocycles. The van der Waals surface area contributed by atoms with Crippen molar-refractivity contribution >= 4 is 5.69 Å². The summed E-state index contributed by atoms with van der Waals surface area (Å²) in [7, 11) is 0. The first-order chi connectivity index (χ1) is 12.8. The highest BCUT2D eigenvalue weighted by molar-refractivity contribution is 5.56. The van der Waals surface area contributed by atoms with Gasteiger partial charge in [0.2, 0.25) is 0 Å². The van der Waals surface area contributed by atoms with Gasteiger partial charge in [0, 0.05) is 6.54 Å². The molecule has 0 bridgehead atoms. The number of hydrogen-bond acceptors (Lipinski definition) is 3. The third-order valence-corrected chi connectivity index (χ3v) is 3.98. The fourth-order valence-corrected chi connectivity index (χ4v) is 2.64. The van der Waals surface area contributed by atoms with Crippen LogP contribution in [0.25, 0.3) is 0 Å². The molecule has 1 N–H and O–H groups in total. The van der Waals surface area contributed by atoms with E-state index in [1.807, 2.05) is 54.6 Å². The third kappa shape index (κ3) is 5.28. The van der Waals surface area contributed by atoms with Gasteiger partial charge in [-0.15, -0.1) is 0 Å². The molecule has 0 heterocycles. The molecule has 0 fully saturated rings. The van der Waals surface area contributed by atoms with Crippen LogP contribution < -0.4 is 14.8 Å². The van der Waals surface area contributed by atoms with Crippen LogP contribution in [-0.4, -0.2) is 6.61 Å². The van der Waals surface area contributed by atoms with Gasteiger partial charge in [0.05, 0.1) is 12.3 Å². The third-order valence-electron chi connectivity index (χ3n) is 3.98. The first-order valence-electron chi connectivity index (χ1n) is 9.06. The van der Waals surface area contributed by atoms with E-state index in [9.17, 15) is 0 Å². The molecule has 0 unspecified atom stereocenters. The SMILES string of the molecule is CCCOc1cccc(CNc2ccccc2OCc2ccccc2)c1. The molecule has 3 heteroatoms. The Morgan fingerprint density at radius 3 is 2.38 bits per heavy atom. The Morgan fingerprint density at radius 1 is 0.769 bits per heavy atom. The molecule has 3 aromatic carbocycles. The van der Waals surface area contributed by atoms with Gasteiger partial charge in [-0.2, -0.15) is 0 Å².